The third-order valence-electron chi connectivity index (χ3n) is 3.56. The predicted octanol–water partition coefficient (Wildman–Crippen LogP) is 2.80. The topological polar surface area (TPSA) is 50.3 Å². The second-order valence-corrected chi connectivity index (χ2v) is 6.23. The van der Waals surface area contributed by atoms with E-state index in [4.69, 9.17) is 0 Å². The monoisotopic (exact) mass is 286 g/mol. The molecule has 0 spiro atoms. The molecule has 1 aromatic heterocycles. The Hall–Kier alpha value is -2.01. The number of aryl methyl sites for hydroxylation is 3. The second kappa shape index (κ2) is 4.52. The number of hydrogen-bond acceptors (Lipinski definition) is 4. The van der Waals surface area contributed by atoms with Gasteiger partial charge in [0.25, 0.3) is 11.7 Å². The number of ketones is 1. The van der Waals surface area contributed by atoms with Crippen LogP contribution in [0.5, 0.6) is 0 Å². The summed E-state index contributed by atoms with van der Waals surface area (Å²) in [4.78, 5) is 31.3. The number of nitrogens with zero attached hydrogens (tertiary/aromatic N) is 2. The molecular formula is C15H14N2O2S. The molecule has 2 heterocycles. The summed E-state index contributed by atoms with van der Waals surface area (Å²) in [7, 11) is 0. The minimum Gasteiger partial charge on any atom is -0.298 e. The minimum absolute atomic E-state index is 0.363. The number of thiazole rings is 1. The molecule has 1 aliphatic rings. The van der Waals surface area contributed by atoms with Crippen LogP contribution in [0.4, 0.5) is 5.69 Å². The van der Waals surface area contributed by atoms with E-state index in [1.54, 1.807) is 28.4 Å². The average Bonchev–Trinajstić information content (AvgIpc) is 2.84. The van der Waals surface area contributed by atoms with Gasteiger partial charge >= 0.3 is 0 Å². The molecule has 0 N–H and O–H groups in total. The third-order valence-corrected chi connectivity index (χ3v) is 4.62. The van der Waals surface area contributed by atoms with Gasteiger partial charge in [0.2, 0.25) is 0 Å². The first-order valence-corrected chi connectivity index (χ1v) is 7.19. The molecule has 1 aliphatic heterocycles. The number of aromatic nitrogens is 1. The van der Waals surface area contributed by atoms with Crippen LogP contribution >= 0.6 is 11.3 Å². The Morgan fingerprint density at radius 3 is 2.60 bits per heavy atom. The van der Waals surface area contributed by atoms with E-state index in [1.807, 2.05) is 26.8 Å². The number of carbonyl (C=O) groups is 2. The van der Waals surface area contributed by atoms with Gasteiger partial charge in [-0.15, -0.1) is 11.3 Å². The predicted molar refractivity (Wildman–Crippen MR) is 78.3 cm³/mol. The lowest BCUT2D eigenvalue weighted by molar-refractivity contribution is -0.114. The summed E-state index contributed by atoms with van der Waals surface area (Å²) in [6, 6.07) is 5.43. The van der Waals surface area contributed by atoms with E-state index in [-0.39, 0.29) is 0 Å². The highest BCUT2D eigenvalue weighted by Crippen LogP contribution is 2.34. The van der Waals surface area contributed by atoms with E-state index in [0.717, 1.165) is 26.8 Å². The SMILES string of the molecule is Cc1cccc2c1N(Cc1nc(C)c(C)s1)C(=O)C2=O. The maximum absolute atomic E-state index is 12.2. The van der Waals surface area contributed by atoms with Gasteiger partial charge in [-0.05, 0) is 32.4 Å². The number of amides is 1. The largest absolute Gasteiger partial charge is 0.299 e. The van der Waals surface area contributed by atoms with E-state index in [1.165, 1.54) is 0 Å². The van der Waals surface area contributed by atoms with Crippen LogP contribution in [0.25, 0.3) is 0 Å². The molecule has 0 atom stereocenters. The van der Waals surface area contributed by atoms with E-state index >= 15 is 0 Å². The molecule has 1 aromatic carbocycles. The molecular weight excluding hydrogens is 272 g/mol. The number of para-hydroxylation sites is 1. The van der Waals surface area contributed by atoms with Gasteiger partial charge in [-0.2, -0.15) is 0 Å². The van der Waals surface area contributed by atoms with Crippen LogP contribution in [0.3, 0.4) is 0 Å². The zero-order valence-corrected chi connectivity index (χ0v) is 12.4. The van der Waals surface area contributed by atoms with Crippen LogP contribution in [-0.4, -0.2) is 16.7 Å². The van der Waals surface area contributed by atoms with Gasteiger partial charge in [0.15, 0.2) is 0 Å². The van der Waals surface area contributed by atoms with Gasteiger partial charge in [-0.1, -0.05) is 12.1 Å². The van der Waals surface area contributed by atoms with Crippen molar-refractivity contribution in [3.63, 3.8) is 0 Å². The van der Waals surface area contributed by atoms with Crippen LogP contribution in [-0.2, 0) is 11.3 Å². The molecule has 0 fully saturated rings. The van der Waals surface area contributed by atoms with Crippen molar-refractivity contribution >= 4 is 28.7 Å². The molecule has 3 rings (SSSR count). The van der Waals surface area contributed by atoms with Crippen molar-refractivity contribution in [2.45, 2.75) is 27.3 Å². The molecule has 102 valence electrons. The Labute approximate surface area is 121 Å². The number of hydrogen-bond donors (Lipinski definition) is 0. The van der Waals surface area contributed by atoms with Gasteiger partial charge in [-0.3, -0.25) is 14.5 Å². The van der Waals surface area contributed by atoms with Crippen molar-refractivity contribution in [2.75, 3.05) is 4.90 Å². The van der Waals surface area contributed by atoms with Crippen molar-refractivity contribution in [1.29, 1.82) is 0 Å². The summed E-state index contributed by atoms with van der Waals surface area (Å²) in [5.41, 5.74) is 3.15. The van der Waals surface area contributed by atoms with Gasteiger partial charge in [-0.25, -0.2) is 4.98 Å². The first-order chi connectivity index (χ1) is 9.49. The van der Waals surface area contributed by atoms with Crippen LogP contribution < -0.4 is 4.90 Å². The first kappa shape index (κ1) is 13.0. The number of benzene rings is 1. The van der Waals surface area contributed by atoms with E-state index in [9.17, 15) is 9.59 Å². The van der Waals surface area contributed by atoms with Crippen molar-refractivity contribution in [1.82, 2.24) is 4.98 Å². The summed E-state index contributed by atoms with van der Waals surface area (Å²) < 4.78 is 0. The number of carbonyl (C=O) groups excluding carboxylic acids is 2. The standard InChI is InChI=1S/C15H14N2O2S/c1-8-5-4-6-11-13(8)17(15(19)14(11)18)7-12-16-9(2)10(3)20-12/h4-6H,7H2,1-3H3. The van der Waals surface area contributed by atoms with Crippen molar-refractivity contribution in [2.24, 2.45) is 0 Å². The van der Waals surface area contributed by atoms with Crippen LogP contribution in [0.1, 0.15) is 31.5 Å². The molecule has 1 amide bonds. The Balaban J connectivity index is 2.03. The molecule has 0 bridgehead atoms. The first-order valence-electron chi connectivity index (χ1n) is 6.37. The van der Waals surface area contributed by atoms with Crippen molar-refractivity contribution in [3.8, 4) is 0 Å². The molecule has 5 heteroatoms. The van der Waals surface area contributed by atoms with Gasteiger partial charge < -0.3 is 0 Å². The molecule has 0 radical (unpaired) electrons. The number of anilines is 1. The van der Waals surface area contributed by atoms with Crippen LogP contribution in [0.2, 0.25) is 0 Å². The summed E-state index contributed by atoms with van der Waals surface area (Å²) in [5, 5.41) is 0.859. The lowest BCUT2D eigenvalue weighted by atomic mass is 10.1. The number of Topliss-reactive ketones (excluding diaryl/α,β-unsaturated/α-hetero) is 1. The van der Waals surface area contributed by atoms with Crippen molar-refractivity contribution in [3.05, 3.63) is 44.9 Å². The minimum atomic E-state index is -0.459. The Morgan fingerprint density at radius 1 is 1.20 bits per heavy atom. The fraction of sp³-hybridized carbons (Fsp3) is 0.267. The van der Waals surface area contributed by atoms with E-state index in [2.05, 4.69) is 4.98 Å². The van der Waals surface area contributed by atoms with E-state index < -0.39 is 11.7 Å². The highest BCUT2D eigenvalue weighted by Gasteiger charge is 2.37. The highest BCUT2D eigenvalue weighted by atomic mass is 32.1. The quantitative estimate of drug-likeness (QED) is 0.798. The lowest BCUT2D eigenvalue weighted by Crippen LogP contribution is -2.29. The second-order valence-electron chi connectivity index (χ2n) is 4.94. The van der Waals surface area contributed by atoms with E-state index in [0.29, 0.717) is 12.1 Å². The zero-order chi connectivity index (χ0) is 14.4. The van der Waals surface area contributed by atoms with Crippen LogP contribution in [0, 0.1) is 20.8 Å². The van der Waals surface area contributed by atoms with Crippen LogP contribution in [0.15, 0.2) is 18.2 Å². The number of fused-ring (bicyclic) bond motifs is 1. The molecule has 0 saturated carbocycles. The molecule has 0 aliphatic carbocycles. The third kappa shape index (κ3) is 1.86. The molecule has 0 unspecified atom stereocenters. The van der Waals surface area contributed by atoms with Gasteiger partial charge in [0, 0.05) is 4.88 Å². The number of rotatable bonds is 2. The summed E-state index contributed by atoms with van der Waals surface area (Å²) in [6.07, 6.45) is 0. The Bertz CT molecular complexity index is 714. The zero-order valence-electron chi connectivity index (χ0n) is 11.6. The Morgan fingerprint density at radius 2 is 1.95 bits per heavy atom. The maximum atomic E-state index is 12.2. The molecule has 20 heavy (non-hydrogen) atoms. The summed E-state index contributed by atoms with van der Waals surface area (Å²) in [6.45, 7) is 6.23. The van der Waals surface area contributed by atoms with Gasteiger partial charge in [0.05, 0.1) is 23.5 Å². The lowest BCUT2D eigenvalue weighted by Gasteiger charge is -2.16. The molecule has 4 nitrogen and oxygen atoms in total. The fourth-order valence-corrected chi connectivity index (χ4v) is 3.36. The fourth-order valence-electron chi connectivity index (χ4n) is 2.43. The maximum Gasteiger partial charge on any atom is 0.299 e. The average molecular weight is 286 g/mol. The molecule has 2 aromatic rings. The van der Waals surface area contributed by atoms with Crippen molar-refractivity contribution < 1.29 is 9.59 Å². The highest BCUT2D eigenvalue weighted by molar-refractivity contribution is 7.11. The molecule has 0 saturated heterocycles. The smallest absolute Gasteiger partial charge is 0.298 e. The summed E-state index contributed by atoms with van der Waals surface area (Å²) in [5.74, 6) is -0.881. The summed E-state index contributed by atoms with van der Waals surface area (Å²) >= 11 is 1.57. The normalized spacial score (nSPS) is 14.1. The Kier molecular flexibility index (Phi) is 2.94. The van der Waals surface area contributed by atoms with Gasteiger partial charge in [0.1, 0.15) is 5.01 Å².